The van der Waals surface area contributed by atoms with Gasteiger partial charge < -0.3 is 4.57 Å². The Kier molecular flexibility index (Phi) is 7.01. The highest BCUT2D eigenvalue weighted by Crippen LogP contribution is 2.50. The lowest BCUT2D eigenvalue weighted by molar-refractivity contribution is 0.107. The van der Waals surface area contributed by atoms with Gasteiger partial charge in [-0.25, -0.2) is 0 Å². The van der Waals surface area contributed by atoms with Gasteiger partial charge in [0.15, 0.2) is 7.14 Å². The average molecular weight is 370 g/mol. The van der Waals surface area contributed by atoms with Crippen molar-refractivity contribution < 1.29 is 9.36 Å². The maximum atomic E-state index is 14.0. The highest BCUT2D eigenvalue weighted by molar-refractivity contribution is 7.87. The third kappa shape index (κ3) is 4.18. The summed E-state index contributed by atoms with van der Waals surface area (Å²) in [7, 11) is -3.15. The standard InChI is InChI=1S/C23H31O2P/c1-6-7-8-12-15-26(25,21-13-10-9-11-14-21)23(24)22-18(3)16-17(2)19(4)20(22)5/h9-11,13-14,16H,6-8,12,15H2,1-5H3. The first kappa shape index (κ1) is 20.6. The van der Waals surface area contributed by atoms with Crippen molar-refractivity contribution >= 4 is 18.0 Å². The van der Waals surface area contributed by atoms with Gasteiger partial charge in [0.25, 0.3) is 0 Å². The van der Waals surface area contributed by atoms with E-state index in [0.717, 1.165) is 42.4 Å². The number of carbonyl (C=O) groups excluding carboxylic acids is 1. The van der Waals surface area contributed by atoms with Crippen LogP contribution in [-0.4, -0.2) is 11.7 Å². The van der Waals surface area contributed by atoms with Gasteiger partial charge in [-0.3, -0.25) is 4.79 Å². The summed E-state index contributed by atoms with van der Waals surface area (Å²) >= 11 is 0. The van der Waals surface area contributed by atoms with E-state index in [1.807, 2.05) is 57.2 Å². The molecule has 0 amide bonds. The molecule has 0 aliphatic rings. The summed E-state index contributed by atoms with van der Waals surface area (Å²) in [4.78, 5) is 13.6. The molecule has 0 radical (unpaired) electrons. The quantitative estimate of drug-likeness (QED) is 0.402. The second-order valence-electron chi connectivity index (χ2n) is 7.30. The van der Waals surface area contributed by atoms with E-state index in [9.17, 15) is 9.36 Å². The van der Waals surface area contributed by atoms with Crippen LogP contribution in [0.4, 0.5) is 0 Å². The first-order valence-electron chi connectivity index (χ1n) is 9.60. The van der Waals surface area contributed by atoms with E-state index in [0.29, 0.717) is 17.0 Å². The molecule has 0 saturated heterocycles. The second kappa shape index (κ2) is 8.82. The molecular formula is C23H31O2P. The van der Waals surface area contributed by atoms with Crippen molar-refractivity contribution in [1.82, 2.24) is 0 Å². The molecule has 1 atom stereocenters. The van der Waals surface area contributed by atoms with Crippen molar-refractivity contribution in [2.24, 2.45) is 0 Å². The normalized spacial score (nSPS) is 13.4. The molecule has 1 unspecified atom stereocenters. The highest BCUT2D eigenvalue weighted by Gasteiger charge is 2.35. The van der Waals surface area contributed by atoms with Gasteiger partial charge in [-0.1, -0.05) is 62.6 Å². The summed E-state index contributed by atoms with van der Waals surface area (Å²) in [6, 6.07) is 11.4. The fourth-order valence-electron chi connectivity index (χ4n) is 3.57. The summed E-state index contributed by atoms with van der Waals surface area (Å²) in [5.74, 6) is 0. The fraction of sp³-hybridized carbons (Fsp3) is 0.435. The molecule has 0 spiro atoms. The maximum Gasteiger partial charge on any atom is 0.226 e. The lowest BCUT2D eigenvalue weighted by Crippen LogP contribution is -2.18. The summed E-state index contributed by atoms with van der Waals surface area (Å²) < 4.78 is 14.0. The molecule has 0 saturated carbocycles. The van der Waals surface area contributed by atoms with Crippen LogP contribution < -0.4 is 5.30 Å². The Hall–Kier alpha value is -1.66. The Labute approximate surface area is 158 Å². The van der Waals surface area contributed by atoms with E-state index in [1.165, 1.54) is 5.56 Å². The smallest absolute Gasteiger partial charge is 0.226 e. The second-order valence-corrected chi connectivity index (χ2v) is 10.1. The molecule has 26 heavy (non-hydrogen) atoms. The van der Waals surface area contributed by atoms with Crippen LogP contribution in [0.2, 0.25) is 0 Å². The zero-order chi connectivity index (χ0) is 19.3. The zero-order valence-electron chi connectivity index (χ0n) is 16.8. The number of hydrogen-bond acceptors (Lipinski definition) is 2. The third-order valence-electron chi connectivity index (χ3n) is 5.40. The molecule has 0 N–H and O–H groups in total. The average Bonchev–Trinajstić information content (AvgIpc) is 2.64. The Bertz CT molecular complexity index is 822. The van der Waals surface area contributed by atoms with Crippen LogP contribution in [0.25, 0.3) is 0 Å². The topological polar surface area (TPSA) is 34.1 Å². The number of carbonyl (C=O) groups is 1. The minimum atomic E-state index is -3.15. The Morgan fingerprint density at radius 3 is 2.15 bits per heavy atom. The van der Waals surface area contributed by atoms with E-state index in [4.69, 9.17) is 0 Å². The third-order valence-corrected chi connectivity index (χ3v) is 8.36. The number of aryl methyl sites for hydroxylation is 2. The number of benzene rings is 2. The van der Waals surface area contributed by atoms with Gasteiger partial charge in [0.1, 0.15) is 0 Å². The lowest BCUT2D eigenvalue weighted by Gasteiger charge is -2.21. The van der Waals surface area contributed by atoms with Crippen LogP contribution in [0.15, 0.2) is 36.4 Å². The van der Waals surface area contributed by atoms with Gasteiger partial charge >= 0.3 is 0 Å². The predicted molar refractivity (Wildman–Crippen MR) is 112 cm³/mol. The molecule has 2 nitrogen and oxygen atoms in total. The molecule has 0 heterocycles. The molecule has 2 aromatic rings. The predicted octanol–water partition coefficient (Wildman–Crippen LogP) is 6.33. The minimum Gasteiger partial charge on any atom is -0.310 e. The number of hydrogen-bond donors (Lipinski definition) is 0. The van der Waals surface area contributed by atoms with Gasteiger partial charge in [-0.15, -0.1) is 0 Å². The highest BCUT2D eigenvalue weighted by atomic mass is 31.2. The van der Waals surface area contributed by atoms with Crippen LogP contribution in [0.5, 0.6) is 0 Å². The van der Waals surface area contributed by atoms with Crippen LogP contribution in [-0.2, 0) is 4.57 Å². The van der Waals surface area contributed by atoms with Crippen molar-refractivity contribution in [3.05, 3.63) is 64.2 Å². The molecule has 0 fully saturated rings. The molecule has 140 valence electrons. The Morgan fingerprint density at radius 2 is 1.54 bits per heavy atom. The molecular weight excluding hydrogens is 339 g/mol. The van der Waals surface area contributed by atoms with Crippen molar-refractivity contribution in [1.29, 1.82) is 0 Å². The first-order chi connectivity index (χ1) is 12.3. The van der Waals surface area contributed by atoms with E-state index < -0.39 is 7.14 Å². The number of unbranched alkanes of at least 4 members (excludes halogenated alkanes) is 3. The SMILES string of the molecule is CCCCCCP(=O)(C(=O)c1c(C)cc(C)c(C)c1C)c1ccccc1. The summed E-state index contributed by atoms with van der Waals surface area (Å²) in [6.07, 6.45) is 4.55. The minimum absolute atomic E-state index is 0.168. The molecule has 0 bridgehead atoms. The molecule has 0 aliphatic carbocycles. The van der Waals surface area contributed by atoms with E-state index in [2.05, 4.69) is 13.8 Å². The van der Waals surface area contributed by atoms with Gasteiger partial charge in [-0.05, 0) is 56.4 Å². The van der Waals surface area contributed by atoms with Crippen LogP contribution in [0, 0.1) is 27.7 Å². The van der Waals surface area contributed by atoms with E-state index in [-0.39, 0.29) is 5.52 Å². The molecule has 2 rings (SSSR count). The molecule has 0 aromatic heterocycles. The van der Waals surface area contributed by atoms with Gasteiger partial charge in [0.2, 0.25) is 5.52 Å². The van der Waals surface area contributed by atoms with Crippen LogP contribution in [0.3, 0.4) is 0 Å². The molecule has 3 heteroatoms. The Morgan fingerprint density at radius 1 is 0.885 bits per heavy atom. The monoisotopic (exact) mass is 370 g/mol. The van der Waals surface area contributed by atoms with Crippen LogP contribution in [0.1, 0.15) is 65.2 Å². The number of rotatable bonds is 8. The maximum absolute atomic E-state index is 14.0. The van der Waals surface area contributed by atoms with Crippen molar-refractivity contribution in [2.45, 2.75) is 60.3 Å². The summed E-state index contributed by atoms with van der Waals surface area (Å²) in [6.45, 7) is 10.2. The lowest BCUT2D eigenvalue weighted by atomic mass is 9.95. The van der Waals surface area contributed by atoms with Gasteiger partial charge in [-0.2, -0.15) is 0 Å². The van der Waals surface area contributed by atoms with Gasteiger partial charge in [0, 0.05) is 17.0 Å². The van der Waals surface area contributed by atoms with Crippen LogP contribution >= 0.6 is 7.14 Å². The first-order valence-corrected chi connectivity index (χ1v) is 11.5. The fourth-order valence-corrected chi connectivity index (χ4v) is 6.30. The van der Waals surface area contributed by atoms with Crippen molar-refractivity contribution in [3.63, 3.8) is 0 Å². The summed E-state index contributed by atoms with van der Waals surface area (Å²) in [5.41, 5.74) is 4.69. The van der Waals surface area contributed by atoms with E-state index >= 15 is 0 Å². The molecule has 0 aliphatic heterocycles. The van der Waals surface area contributed by atoms with Crippen molar-refractivity contribution in [2.75, 3.05) is 6.16 Å². The van der Waals surface area contributed by atoms with Crippen molar-refractivity contribution in [3.8, 4) is 0 Å². The Balaban J connectivity index is 2.51. The van der Waals surface area contributed by atoms with E-state index in [1.54, 1.807) is 0 Å². The summed E-state index contributed by atoms with van der Waals surface area (Å²) in [5, 5.41) is 0.693. The largest absolute Gasteiger partial charge is 0.310 e. The molecule has 2 aromatic carbocycles. The zero-order valence-corrected chi connectivity index (χ0v) is 17.7. The van der Waals surface area contributed by atoms with Gasteiger partial charge in [0.05, 0.1) is 0 Å².